The maximum absolute atomic E-state index is 8.63. The van der Waals surface area contributed by atoms with E-state index in [1.54, 1.807) is 7.11 Å². The first-order valence-electron chi connectivity index (χ1n) is 6.02. The highest BCUT2D eigenvalue weighted by Gasteiger charge is 2.12. The SMILES string of the molecule is COCCCOCCOc1nccc(/C(N)=N/O)c1Cl. The second-order valence-electron chi connectivity index (χ2n) is 3.77. The van der Waals surface area contributed by atoms with Crippen molar-refractivity contribution in [3.8, 4) is 5.88 Å². The second kappa shape index (κ2) is 9.35. The van der Waals surface area contributed by atoms with Gasteiger partial charge in [0.15, 0.2) is 5.84 Å². The summed E-state index contributed by atoms with van der Waals surface area (Å²) in [5.74, 6) is 0.120. The number of oxime groups is 1. The molecular formula is C12H18ClN3O4. The lowest BCUT2D eigenvalue weighted by Gasteiger charge is -2.09. The molecule has 0 amide bonds. The van der Waals surface area contributed by atoms with Crippen molar-refractivity contribution in [2.45, 2.75) is 6.42 Å². The van der Waals surface area contributed by atoms with Crippen molar-refractivity contribution >= 4 is 17.4 Å². The standard InChI is InChI=1S/C12H18ClN3O4/c1-18-5-2-6-19-7-8-20-12-10(13)9(3-4-15-12)11(14)16-17/h3-4,17H,2,5-8H2,1H3,(H2,14,16). The van der Waals surface area contributed by atoms with Crippen molar-refractivity contribution in [2.75, 3.05) is 33.5 Å². The molecule has 0 aliphatic rings. The van der Waals surface area contributed by atoms with E-state index < -0.39 is 0 Å². The fraction of sp³-hybridized carbons (Fsp3) is 0.500. The number of pyridine rings is 1. The van der Waals surface area contributed by atoms with Crippen molar-refractivity contribution < 1.29 is 19.4 Å². The Morgan fingerprint density at radius 3 is 2.90 bits per heavy atom. The van der Waals surface area contributed by atoms with Gasteiger partial charge >= 0.3 is 0 Å². The Morgan fingerprint density at radius 2 is 2.20 bits per heavy atom. The molecule has 8 heteroatoms. The van der Waals surface area contributed by atoms with E-state index in [1.165, 1.54) is 12.3 Å². The summed E-state index contributed by atoms with van der Waals surface area (Å²) in [5.41, 5.74) is 5.84. The largest absolute Gasteiger partial charge is 0.474 e. The highest BCUT2D eigenvalue weighted by atomic mass is 35.5. The molecule has 0 aliphatic carbocycles. The molecule has 0 bridgehead atoms. The Labute approximate surface area is 122 Å². The van der Waals surface area contributed by atoms with E-state index in [0.717, 1.165) is 6.42 Å². The highest BCUT2D eigenvalue weighted by Crippen LogP contribution is 2.25. The zero-order chi connectivity index (χ0) is 14.8. The Balaban J connectivity index is 2.41. The molecule has 0 saturated heterocycles. The predicted octanol–water partition coefficient (Wildman–Crippen LogP) is 1.26. The molecule has 1 heterocycles. The molecule has 1 aromatic rings. The Morgan fingerprint density at radius 1 is 1.40 bits per heavy atom. The van der Waals surface area contributed by atoms with Crippen LogP contribution < -0.4 is 10.5 Å². The molecule has 7 nitrogen and oxygen atoms in total. The Bertz CT molecular complexity index is 443. The Kier molecular flexibility index (Phi) is 7.71. The minimum atomic E-state index is -0.0990. The van der Waals surface area contributed by atoms with Crippen LogP contribution in [-0.4, -0.2) is 49.6 Å². The quantitative estimate of drug-likeness (QED) is 0.234. The monoisotopic (exact) mass is 303 g/mol. The van der Waals surface area contributed by atoms with Gasteiger partial charge in [-0.3, -0.25) is 0 Å². The average molecular weight is 304 g/mol. The van der Waals surface area contributed by atoms with Crippen LogP contribution in [0.2, 0.25) is 5.02 Å². The lowest BCUT2D eigenvalue weighted by atomic mass is 10.2. The zero-order valence-electron chi connectivity index (χ0n) is 11.2. The lowest BCUT2D eigenvalue weighted by molar-refractivity contribution is 0.0796. The topological polar surface area (TPSA) is 99.2 Å². The molecule has 0 spiro atoms. The molecule has 0 unspecified atom stereocenters. The van der Waals surface area contributed by atoms with Gasteiger partial charge in [0.1, 0.15) is 11.6 Å². The zero-order valence-corrected chi connectivity index (χ0v) is 12.0. The number of hydrogen-bond acceptors (Lipinski definition) is 6. The number of rotatable bonds is 9. The molecule has 0 saturated carbocycles. The van der Waals surface area contributed by atoms with Crippen LogP contribution >= 0.6 is 11.6 Å². The molecule has 0 aromatic carbocycles. The van der Waals surface area contributed by atoms with Gasteiger partial charge in [0.25, 0.3) is 0 Å². The van der Waals surface area contributed by atoms with Crippen molar-refractivity contribution in [3.63, 3.8) is 0 Å². The molecule has 0 fully saturated rings. The molecule has 0 radical (unpaired) electrons. The minimum Gasteiger partial charge on any atom is -0.474 e. The minimum absolute atomic E-state index is 0.0990. The van der Waals surface area contributed by atoms with Crippen LogP contribution in [0, 0.1) is 0 Å². The maximum atomic E-state index is 8.63. The third kappa shape index (κ3) is 5.20. The average Bonchev–Trinajstić information content (AvgIpc) is 2.47. The highest BCUT2D eigenvalue weighted by molar-refractivity contribution is 6.35. The van der Waals surface area contributed by atoms with Gasteiger partial charge in [-0.2, -0.15) is 0 Å². The van der Waals surface area contributed by atoms with Gasteiger partial charge in [-0.15, -0.1) is 0 Å². The van der Waals surface area contributed by atoms with Crippen LogP contribution in [0.15, 0.2) is 17.4 Å². The molecule has 3 N–H and O–H groups in total. The molecule has 0 aliphatic heterocycles. The summed E-state index contributed by atoms with van der Waals surface area (Å²) in [5, 5.41) is 11.7. The molecule has 112 valence electrons. The van der Waals surface area contributed by atoms with E-state index in [1.807, 2.05) is 0 Å². The summed E-state index contributed by atoms with van der Waals surface area (Å²) in [6.45, 7) is 1.98. The summed E-state index contributed by atoms with van der Waals surface area (Å²) in [6.07, 6.45) is 2.29. The Hall–Kier alpha value is -1.57. The summed E-state index contributed by atoms with van der Waals surface area (Å²) in [7, 11) is 1.64. The smallest absolute Gasteiger partial charge is 0.233 e. The van der Waals surface area contributed by atoms with Gasteiger partial charge in [-0.1, -0.05) is 16.8 Å². The van der Waals surface area contributed by atoms with Gasteiger partial charge in [0.2, 0.25) is 5.88 Å². The van der Waals surface area contributed by atoms with Crippen LogP contribution in [0.25, 0.3) is 0 Å². The van der Waals surface area contributed by atoms with Crippen LogP contribution in [0.3, 0.4) is 0 Å². The van der Waals surface area contributed by atoms with Gasteiger partial charge in [-0.05, 0) is 12.5 Å². The maximum Gasteiger partial charge on any atom is 0.233 e. The third-order valence-electron chi connectivity index (χ3n) is 2.34. The number of methoxy groups -OCH3 is 1. The van der Waals surface area contributed by atoms with E-state index in [2.05, 4.69) is 10.1 Å². The van der Waals surface area contributed by atoms with Crippen molar-refractivity contribution in [1.29, 1.82) is 0 Å². The van der Waals surface area contributed by atoms with E-state index in [0.29, 0.717) is 32.0 Å². The lowest BCUT2D eigenvalue weighted by Crippen LogP contribution is -2.15. The van der Waals surface area contributed by atoms with Crippen LogP contribution in [0.5, 0.6) is 5.88 Å². The molecular weight excluding hydrogens is 286 g/mol. The van der Waals surface area contributed by atoms with Crippen molar-refractivity contribution in [1.82, 2.24) is 4.98 Å². The van der Waals surface area contributed by atoms with Crippen LogP contribution in [-0.2, 0) is 9.47 Å². The number of hydrogen-bond donors (Lipinski definition) is 2. The first kappa shape index (κ1) is 16.5. The van der Waals surface area contributed by atoms with Gasteiger partial charge in [0, 0.05) is 32.1 Å². The molecule has 1 aromatic heterocycles. The van der Waals surface area contributed by atoms with Crippen molar-refractivity contribution in [3.05, 3.63) is 22.8 Å². The number of nitrogens with two attached hydrogens (primary N) is 1. The second-order valence-corrected chi connectivity index (χ2v) is 4.15. The fourth-order valence-corrected chi connectivity index (χ4v) is 1.64. The number of ether oxygens (including phenoxy) is 3. The van der Waals surface area contributed by atoms with Gasteiger partial charge < -0.3 is 25.2 Å². The fourth-order valence-electron chi connectivity index (χ4n) is 1.38. The normalized spacial score (nSPS) is 11.6. The summed E-state index contributed by atoms with van der Waals surface area (Å²) < 4.78 is 15.6. The van der Waals surface area contributed by atoms with Gasteiger partial charge in [-0.25, -0.2) is 4.98 Å². The van der Waals surface area contributed by atoms with E-state index in [-0.39, 0.29) is 16.7 Å². The number of amidine groups is 1. The number of halogens is 1. The van der Waals surface area contributed by atoms with Crippen LogP contribution in [0.4, 0.5) is 0 Å². The van der Waals surface area contributed by atoms with Crippen LogP contribution in [0.1, 0.15) is 12.0 Å². The predicted molar refractivity (Wildman–Crippen MR) is 74.6 cm³/mol. The molecule has 20 heavy (non-hydrogen) atoms. The molecule has 1 rings (SSSR count). The number of nitrogens with zero attached hydrogens (tertiary/aromatic N) is 2. The van der Waals surface area contributed by atoms with Gasteiger partial charge in [0.05, 0.1) is 6.61 Å². The molecule has 0 atom stereocenters. The van der Waals surface area contributed by atoms with E-state index in [4.69, 9.17) is 36.8 Å². The van der Waals surface area contributed by atoms with Crippen molar-refractivity contribution in [2.24, 2.45) is 10.9 Å². The number of aromatic nitrogens is 1. The summed E-state index contributed by atoms with van der Waals surface area (Å²) in [4.78, 5) is 3.98. The third-order valence-corrected chi connectivity index (χ3v) is 2.71. The first-order chi connectivity index (χ1) is 9.70. The summed E-state index contributed by atoms with van der Waals surface area (Å²) in [6, 6.07) is 1.53. The first-order valence-corrected chi connectivity index (χ1v) is 6.40. The van der Waals surface area contributed by atoms with E-state index in [9.17, 15) is 0 Å². The summed E-state index contributed by atoms with van der Waals surface area (Å²) >= 11 is 6.05. The van der Waals surface area contributed by atoms with E-state index >= 15 is 0 Å².